The quantitative estimate of drug-likeness (QED) is 0.602. The smallest absolute Gasteiger partial charge is 0.196 e. The molecule has 0 aliphatic heterocycles. The van der Waals surface area contributed by atoms with Gasteiger partial charge in [0.2, 0.25) is 0 Å². The van der Waals surface area contributed by atoms with Gasteiger partial charge in [-0.2, -0.15) is 0 Å². The van der Waals surface area contributed by atoms with Crippen molar-refractivity contribution >= 4 is 56.5 Å². The number of halogens is 5. The lowest BCUT2D eigenvalue weighted by Gasteiger charge is -2.07. The number of hydrogen-bond donors (Lipinski definition) is 0. The third kappa shape index (κ3) is 3.11. The molecule has 1 nitrogen and oxygen atoms in total. The second-order valence-corrected chi connectivity index (χ2v) is 5.81. The van der Waals surface area contributed by atoms with Gasteiger partial charge in [-0.15, -0.1) is 0 Å². The van der Waals surface area contributed by atoms with E-state index >= 15 is 0 Å². The molecule has 0 atom stereocenters. The van der Waals surface area contributed by atoms with Gasteiger partial charge in [0.25, 0.3) is 0 Å². The molecule has 98 valence electrons. The topological polar surface area (TPSA) is 17.1 Å². The van der Waals surface area contributed by atoms with Crippen molar-refractivity contribution in [1.82, 2.24) is 0 Å². The molecule has 0 aliphatic carbocycles. The van der Waals surface area contributed by atoms with Crippen LogP contribution in [0.5, 0.6) is 0 Å². The van der Waals surface area contributed by atoms with Crippen LogP contribution in [0.3, 0.4) is 0 Å². The fourth-order valence-electron chi connectivity index (χ4n) is 1.54. The third-order valence-electron chi connectivity index (χ3n) is 2.42. The fourth-order valence-corrected chi connectivity index (χ4v) is 2.78. The number of carbonyl (C=O) groups is 1. The van der Waals surface area contributed by atoms with Crippen LogP contribution in [0.15, 0.2) is 34.8 Å². The Morgan fingerprint density at radius 3 is 2.16 bits per heavy atom. The van der Waals surface area contributed by atoms with Gasteiger partial charge in [0.05, 0.1) is 20.1 Å². The number of ketones is 1. The molecule has 0 N–H and O–H groups in total. The molecule has 0 unspecified atom stereocenters. The zero-order valence-corrected chi connectivity index (χ0v) is 13.0. The molecule has 0 spiro atoms. The van der Waals surface area contributed by atoms with Gasteiger partial charge >= 0.3 is 0 Å². The van der Waals surface area contributed by atoms with Gasteiger partial charge in [0.1, 0.15) is 5.82 Å². The summed E-state index contributed by atoms with van der Waals surface area (Å²) in [6.45, 7) is 0. The zero-order valence-electron chi connectivity index (χ0n) is 9.18. The van der Waals surface area contributed by atoms with E-state index in [9.17, 15) is 9.18 Å². The van der Waals surface area contributed by atoms with Crippen LogP contribution in [0, 0.1) is 5.82 Å². The Morgan fingerprint density at radius 1 is 1.05 bits per heavy atom. The van der Waals surface area contributed by atoms with E-state index in [1.54, 1.807) is 0 Å². The van der Waals surface area contributed by atoms with Gasteiger partial charge in [-0.3, -0.25) is 4.79 Å². The molecule has 0 saturated carbocycles. The van der Waals surface area contributed by atoms with Gasteiger partial charge in [-0.05, 0) is 46.3 Å². The molecule has 0 aromatic heterocycles. The predicted octanol–water partition coefficient (Wildman–Crippen LogP) is 5.78. The molecule has 19 heavy (non-hydrogen) atoms. The molecule has 0 fully saturated rings. The Labute approximate surface area is 132 Å². The minimum atomic E-state index is -0.535. The summed E-state index contributed by atoms with van der Waals surface area (Å²) in [7, 11) is 0. The fraction of sp³-hybridized carbons (Fsp3) is 0. The summed E-state index contributed by atoms with van der Waals surface area (Å²) in [4.78, 5) is 12.3. The normalized spacial score (nSPS) is 10.6. The van der Waals surface area contributed by atoms with Crippen molar-refractivity contribution in [2.24, 2.45) is 0 Å². The van der Waals surface area contributed by atoms with Crippen LogP contribution < -0.4 is 0 Å². The van der Waals surface area contributed by atoms with Crippen molar-refractivity contribution in [2.45, 2.75) is 0 Å². The molecular formula is C13H5BrCl3FO. The average molecular weight is 382 g/mol. The second kappa shape index (κ2) is 5.80. The second-order valence-electron chi connectivity index (χ2n) is 3.70. The first-order valence-corrected chi connectivity index (χ1v) is 6.97. The predicted molar refractivity (Wildman–Crippen MR) is 79.0 cm³/mol. The minimum Gasteiger partial charge on any atom is -0.288 e. The largest absolute Gasteiger partial charge is 0.288 e. The molecule has 2 aromatic rings. The van der Waals surface area contributed by atoms with E-state index in [2.05, 4.69) is 15.9 Å². The highest BCUT2D eigenvalue weighted by Crippen LogP contribution is 2.31. The average Bonchev–Trinajstić information content (AvgIpc) is 2.31. The van der Waals surface area contributed by atoms with Crippen LogP contribution in [0.1, 0.15) is 15.9 Å². The number of carbonyl (C=O) groups excluding carboxylic acids is 1. The van der Waals surface area contributed by atoms with Gasteiger partial charge in [-0.1, -0.05) is 34.8 Å². The lowest BCUT2D eigenvalue weighted by atomic mass is 10.0. The highest BCUT2D eigenvalue weighted by atomic mass is 79.9. The maximum Gasteiger partial charge on any atom is 0.196 e. The van der Waals surface area contributed by atoms with E-state index in [1.165, 1.54) is 24.3 Å². The lowest BCUT2D eigenvalue weighted by Crippen LogP contribution is -2.04. The number of benzene rings is 2. The van der Waals surface area contributed by atoms with E-state index in [4.69, 9.17) is 34.8 Å². The summed E-state index contributed by atoms with van der Waals surface area (Å²) >= 11 is 20.7. The van der Waals surface area contributed by atoms with E-state index in [1.807, 2.05) is 0 Å². The van der Waals surface area contributed by atoms with E-state index < -0.39 is 11.6 Å². The molecule has 0 heterocycles. The van der Waals surface area contributed by atoms with Crippen molar-refractivity contribution in [1.29, 1.82) is 0 Å². The molecule has 2 aromatic carbocycles. The monoisotopic (exact) mass is 380 g/mol. The van der Waals surface area contributed by atoms with Crippen LogP contribution in [0.2, 0.25) is 15.1 Å². The van der Waals surface area contributed by atoms with Crippen LogP contribution in [-0.4, -0.2) is 5.78 Å². The Morgan fingerprint density at radius 2 is 1.63 bits per heavy atom. The molecule has 0 amide bonds. The van der Waals surface area contributed by atoms with Gasteiger partial charge < -0.3 is 0 Å². The van der Waals surface area contributed by atoms with Crippen LogP contribution in [0.25, 0.3) is 0 Å². The Balaban J connectivity index is 2.53. The molecule has 6 heteroatoms. The first-order chi connectivity index (χ1) is 8.90. The summed E-state index contributed by atoms with van der Waals surface area (Å²) in [5, 5.41) is 0.588. The van der Waals surface area contributed by atoms with E-state index in [-0.39, 0.29) is 25.6 Å². The van der Waals surface area contributed by atoms with Crippen LogP contribution in [0.4, 0.5) is 4.39 Å². The molecule has 0 radical (unpaired) electrons. The van der Waals surface area contributed by atoms with Gasteiger partial charge in [0.15, 0.2) is 5.78 Å². The van der Waals surface area contributed by atoms with Crippen LogP contribution in [-0.2, 0) is 0 Å². The number of hydrogen-bond acceptors (Lipinski definition) is 1. The summed E-state index contributed by atoms with van der Waals surface area (Å²) in [5.74, 6) is -0.995. The van der Waals surface area contributed by atoms with Crippen LogP contribution >= 0.6 is 50.7 Å². The highest BCUT2D eigenvalue weighted by Gasteiger charge is 2.18. The molecule has 0 aliphatic rings. The Hall–Kier alpha value is -0.610. The highest BCUT2D eigenvalue weighted by molar-refractivity contribution is 9.10. The molecule has 0 bridgehead atoms. The Bertz CT molecular complexity index is 650. The van der Waals surface area contributed by atoms with Crippen molar-refractivity contribution in [2.75, 3.05) is 0 Å². The van der Waals surface area contributed by atoms with Crippen molar-refractivity contribution in [3.8, 4) is 0 Å². The first kappa shape index (κ1) is 14.8. The maximum absolute atomic E-state index is 13.4. The van der Waals surface area contributed by atoms with Crippen molar-refractivity contribution < 1.29 is 9.18 Å². The maximum atomic E-state index is 13.4. The third-order valence-corrected chi connectivity index (χ3v) is 3.87. The summed E-state index contributed by atoms with van der Waals surface area (Å²) < 4.78 is 13.7. The number of rotatable bonds is 2. The summed E-state index contributed by atoms with van der Waals surface area (Å²) in [5.41, 5.74) is 0.265. The first-order valence-electron chi connectivity index (χ1n) is 5.04. The van der Waals surface area contributed by atoms with Gasteiger partial charge in [-0.25, -0.2) is 4.39 Å². The van der Waals surface area contributed by atoms with Crippen molar-refractivity contribution in [3.05, 3.63) is 66.8 Å². The summed E-state index contributed by atoms with van der Waals surface area (Å²) in [6, 6.07) is 6.87. The minimum absolute atomic E-state index is 0.106. The SMILES string of the molecule is O=C(c1ccc(Br)c(F)c1)c1c(Cl)cc(Cl)cc1Cl. The molecule has 2 rings (SSSR count). The molecular weight excluding hydrogens is 377 g/mol. The lowest BCUT2D eigenvalue weighted by molar-refractivity contribution is 0.103. The zero-order chi connectivity index (χ0) is 14.2. The van der Waals surface area contributed by atoms with Gasteiger partial charge in [0, 0.05) is 10.6 Å². The Kier molecular flexibility index (Phi) is 4.51. The summed E-state index contributed by atoms with van der Waals surface area (Å²) in [6.07, 6.45) is 0. The molecule has 0 saturated heterocycles. The van der Waals surface area contributed by atoms with E-state index in [0.717, 1.165) is 6.07 Å². The van der Waals surface area contributed by atoms with E-state index in [0.29, 0.717) is 5.02 Å². The standard InChI is InChI=1S/C13H5BrCl3FO/c14-8-2-1-6(3-11(8)18)13(19)12-9(16)4-7(15)5-10(12)17/h1-5H. The van der Waals surface area contributed by atoms with Crippen molar-refractivity contribution in [3.63, 3.8) is 0 Å².